The van der Waals surface area contributed by atoms with Crippen LogP contribution in [-0.2, 0) is 44.6 Å². The Morgan fingerprint density at radius 2 is 1.65 bits per heavy atom. The SMILES string of the molecule is CC(=O)OCC1O[C@H](OC(C)=O)C(N=[N+]=[N-])[C@@H](C)[C@H]1O[C@@H]1OC(C)[C@@H](C)[C@@H](OCc2ccccc2)C1C. The molecule has 11 nitrogen and oxygen atoms in total. The minimum atomic E-state index is -1.14. The Hall–Kier alpha value is -2.69. The molecule has 204 valence electrons. The van der Waals surface area contributed by atoms with Crippen LogP contribution in [0.3, 0.4) is 0 Å². The summed E-state index contributed by atoms with van der Waals surface area (Å²) in [6.45, 7) is 10.7. The fourth-order valence-corrected chi connectivity index (χ4v) is 4.88. The first-order valence-electron chi connectivity index (χ1n) is 12.6. The molecular weight excluding hydrogens is 482 g/mol. The van der Waals surface area contributed by atoms with Crippen LogP contribution in [-0.4, -0.2) is 61.6 Å². The molecule has 2 saturated heterocycles. The fraction of sp³-hybridized carbons (Fsp3) is 0.692. The lowest BCUT2D eigenvalue weighted by Gasteiger charge is -2.48. The smallest absolute Gasteiger partial charge is 0.304 e. The van der Waals surface area contributed by atoms with E-state index in [2.05, 4.69) is 16.9 Å². The molecule has 11 heteroatoms. The average molecular weight is 520 g/mol. The first kappa shape index (κ1) is 28.9. The summed E-state index contributed by atoms with van der Waals surface area (Å²) in [5, 5.41) is 3.82. The van der Waals surface area contributed by atoms with Gasteiger partial charge in [0.05, 0.1) is 24.9 Å². The molecule has 2 aliphatic heterocycles. The van der Waals surface area contributed by atoms with E-state index in [-0.39, 0.29) is 30.7 Å². The predicted octanol–water partition coefficient (Wildman–Crippen LogP) is 4.14. The van der Waals surface area contributed by atoms with E-state index in [9.17, 15) is 9.59 Å². The highest BCUT2D eigenvalue weighted by atomic mass is 16.7. The molecule has 3 rings (SSSR count). The van der Waals surface area contributed by atoms with E-state index in [0.29, 0.717) is 6.61 Å². The lowest BCUT2D eigenvalue weighted by molar-refractivity contribution is -0.321. The molecule has 0 bridgehead atoms. The van der Waals surface area contributed by atoms with Gasteiger partial charge in [-0.15, -0.1) is 0 Å². The molecule has 0 radical (unpaired) electrons. The van der Waals surface area contributed by atoms with Crippen LogP contribution >= 0.6 is 0 Å². The molecule has 0 N–H and O–H groups in total. The minimum absolute atomic E-state index is 0.111. The summed E-state index contributed by atoms with van der Waals surface area (Å²) in [5.41, 5.74) is 10.2. The van der Waals surface area contributed by atoms with Gasteiger partial charge in [-0.2, -0.15) is 0 Å². The molecule has 1 aromatic rings. The molecule has 2 fully saturated rings. The topological polar surface area (TPSA) is 138 Å². The van der Waals surface area contributed by atoms with E-state index in [1.165, 1.54) is 13.8 Å². The van der Waals surface area contributed by atoms with E-state index in [4.69, 9.17) is 34.0 Å². The standard InChI is InChI=1S/C26H37N3O8/c1-14-17(4)34-25(16(3)23(14)33-12-20-10-8-7-9-11-20)37-24-15(2)22(28-29-27)26(35-19(6)31)36-21(24)13-32-18(5)30/h7-11,14-17,21-26H,12-13H2,1-6H3/t14-,15-,16?,17?,21?,22?,23-,24-,25+,26+/m1/s1. The van der Waals surface area contributed by atoms with Crippen LogP contribution in [0.2, 0.25) is 0 Å². The number of carbonyl (C=O) groups excluding carboxylic acids is 2. The van der Waals surface area contributed by atoms with Crippen LogP contribution in [0.4, 0.5) is 0 Å². The second-order valence-electron chi connectivity index (χ2n) is 9.80. The van der Waals surface area contributed by atoms with Gasteiger partial charge in [-0.1, -0.05) is 56.2 Å². The number of benzene rings is 1. The lowest BCUT2D eigenvalue weighted by atomic mass is 9.85. The van der Waals surface area contributed by atoms with E-state index in [1.807, 2.05) is 51.1 Å². The van der Waals surface area contributed by atoms with E-state index < -0.39 is 48.7 Å². The fourth-order valence-electron chi connectivity index (χ4n) is 4.88. The molecule has 10 atom stereocenters. The maximum Gasteiger partial charge on any atom is 0.304 e. The van der Waals surface area contributed by atoms with Gasteiger partial charge in [-0.25, -0.2) is 0 Å². The van der Waals surface area contributed by atoms with Crippen molar-refractivity contribution in [2.24, 2.45) is 22.9 Å². The zero-order valence-corrected chi connectivity index (χ0v) is 22.2. The lowest BCUT2D eigenvalue weighted by Crippen LogP contribution is -2.59. The summed E-state index contributed by atoms with van der Waals surface area (Å²) < 4.78 is 35.5. The number of hydrogen-bond acceptors (Lipinski definition) is 9. The Morgan fingerprint density at radius 1 is 0.946 bits per heavy atom. The van der Waals surface area contributed by atoms with Gasteiger partial charge >= 0.3 is 11.9 Å². The number of esters is 2. The second-order valence-corrected chi connectivity index (χ2v) is 9.80. The highest BCUT2D eigenvalue weighted by molar-refractivity contribution is 5.66. The van der Waals surface area contributed by atoms with Gasteiger partial charge in [0.25, 0.3) is 0 Å². The monoisotopic (exact) mass is 519 g/mol. The van der Waals surface area contributed by atoms with E-state index >= 15 is 0 Å². The third-order valence-electron chi connectivity index (χ3n) is 7.06. The summed E-state index contributed by atoms with van der Waals surface area (Å²) in [7, 11) is 0. The first-order chi connectivity index (χ1) is 17.6. The number of azide groups is 1. The molecule has 2 aliphatic rings. The maximum absolute atomic E-state index is 11.7. The Labute approximate surface area is 217 Å². The normalized spacial score (nSPS) is 35.7. The van der Waals surface area contributed by atoms with Crippen molar-refractivity contribution in [3.8, 4) is 0 Å². The summed E-state index contributed by atoms with van der Waals surface area (Å²) in [5.74, 6) is -1.58. The molecule has 37 heavy (non-hydrogen) atoms. The summed E-state index contributed by atoms with van der Waals surface area (Å²) in [6.07, 6.45) is -3.60. The van der Waals surface area contributed by atoms with Crippen molar-refractivity contribution in [3.63, 3.8) is 0 Å². The Balaban J connectivity index is 1.81. The molecule has 0 saturated carbocycles. The van der Waals surface area contributed by atoms with Crippen molar-refractivity contribution in [3.05, 3.63) is 46.3 Å². The Morgan fingerprint density at radius 3 is 2.27 bits per heavy atom. The summed E-state index contributed by atoms with van der Waals surface area (Å²) in [6, 6.07) is 9.09. The minimum Gasteiger partial charge on any atom is -0.463 e. The molecule has 0 aliphatic carbocycles. The van der Waals surface area contributed by atoms with Crippen molar-refractivity contribution in [2.45, 2.75) is 91.2 Å². The van der Waals surface area contributed by atoms with Gasteiger partial charge in [-0.3, -0.25) is 9.59 Å². The van der Waals surface area contributed by atoms with Crippen LogP contribution in [0.25, 0.3) is 10.4 Å². The van der Waals surface area contributed by atoms with Crippen LogP contribution in [0.5, 0.6) is 0 Å². The third kappa shape index (κ3) is 7.43. The van der Waals surface area contributed by atoms with Gasteiger partial charge < -0.3 is 28.4 Å². The molecule has 1 aromatic carbocycles. The number of nitrogens with zero attached hydrogens (tertiary/aromatic N) is 3. The highest BCUT2D eigenvalue weighted by Crippen LogP contribution is 2.38. The highest BCUT2D eigenvalue weighted by Gasteiger charge is 2.49. The Bertz CT molecular complexity index is 956. The van der Waals surface area contributed by atoms with Crippen molar-refractivity contribution in [1.29, 1.82) is 0 Å². The third-order valence-corrected chi connectivity index (χ3v) is 7.06. The van der Waals surface area contributed by atoms with Crippen molar-refractivity contribution in [2.75, 3.05) is 6.61 Å². The number of ether oxygens (including phenoxy) is 6. The van der Waals surface area contributed by atoms with Crippen LogP contribution in [0, 0.1) is 17.8 Å². The summed E-state index contributed by atoms with van der Waals surface area (Å²) >= 11 is 0. The van der Waals surface area contributed by atoms with Crippen LogP contribution in [0.15, 0.2) is 35.4 Å². The zero-order valence-electron chi connectivity index (χ0n) is 22.2. The number of rotatable bonds is 9. The van der Waals surface area contributed by atoms with E-state index in [0.717, 1.165) is 5.56 Å². The summed E-state index contributed by atoms with van der Waals surface area (Å²) in [4.78, 5) is 26.1. The second kappa shape index (κ2) is 13.2. The van der Waals surface area contributed by atoms with Gasteiger partial charge in [0, 0.05) is 30.6 Å². The molecular formula is C26H37N3O8. The molecule has 0 amide bonds. The van der Waals surface area contributed by atoms with Gasteiger partial charge in [-0.05, 0) is 23.9 Å². The number of carbonyl (C=O) groups is 2. The average Bonchev–Trinajstić information content (AvgIpc) is 2.85. The first-order valence-corrected chi connectivity index (χ1v) is 12.6. The van der Waals surface area contributed by atoms with Crippen LogP contribution in [0.1, 0.15) is 47.1 Å². The molecule has 2 heterocycles. The van der Waals surface area contributed by atoms with Crippen LogP contribution < -0.4 is 0 Å². The predicted molar refractivity (Wildman–Crippen MR) is 132 cm³/mol. The molecule has 0 aromatic heterocycles. The Kier molecular flexibility index (Phi) is 10.3. The maximum atomic E-state index is 11.7. The van der Waals surface area contributed by atoms with Crippen molar-refractivity contribution >= 4 is 11.9 Å². The molecule has 4 unspecified atom stereocenters. The molecule has 0 spiro atoms. The van der Waals surface area contributed by atoms with Gasteiger partial charge in [0.1, 0.15) is 18.8 Å². The largest absolute Gasteiger partial charge is 0.463 e. The zero-order chi connectivity index (χ0) is 27.1. The van der Waals surface area contributed by atoms with Crippen molar-refractivity contribution in [1.82, 2.24) is 0 Å². The van der Waals surface area contributed by atoms with Crippen molar-refractivity contribution < 1.29 is 38.0 Å². The quantitative estimate of drug-likeness (QED) is 0.205. The number of hydrogen-bond donors (Lipinski definition) is 0. The van der Waals surface area contributed by atoms with Gasteiger partial charge in [0.2, 0.25) is 6.29 Å². The van der Waals surface area contributed by atoms with E-state index in [1.54, 1.807) is 0 Å². The van der Waals surface area contributed by atoms with Gasteiger partial charge in [0.15, 0.2) is 6.29 Å².